The van der Waals surface area contributed by atoms with E-state index in [2.05, 4.69) is 4.74 Å². The molecule has 156 valence electrons. The highest BCUT2D eigenvalue weighted by molar-refractivity contribution is 7.74. The van der Waals surface area contributed by atoms with Crippen molar-refractivity contribution in [2.45, 2.75) is 0 Å². The highest BCUT2D eigenvalue weighted by Gasteiger charge is 2.26. The van der Waals surface area contributed by atoms with E-state index in [9.17, 15) is 13.2 Å². The fourth-order valence-electron chi connectivity index (χ4n) is 2.96. The van der Waals surface area contributed by atoms with Crippen molar-refractivity contribution in [3.8, 4) is 16.9 Å². The number of hydrogen-bond donors (Lipinski definition) is 1. The van der Waals surface area contributed by atoms with E-state index in [1.54, 1.807) is 30.3 Å². The number of halogens is 2. The number of nitrogens with zero attached hydrogens (tertiary/aromatic N) is 1. The van der Waals surface area contributed by atoms with E-state index >= 15 is 4.39 Å². The second-order valence-corrected chi connectivity index (χ2v) is 7.33. The van der Waals surface area contributed by atoms with Crippen molar-refractivity contribution in [1.29, 1.82) is 0 Å². The van der Waals surface area contributed by atoms with Crippen LogP contribution in [0.5, 0.6) is 5.75 Å². The summed E-state index contributed by atoms with van der Waals surface area (Å²) in [7, 11) is -0.852. The minimum Gasteiger partial charge on any atom is -0.495 e. The van der Waals surface area contributed by atoms with Crippen molar-refractivity contribution < 1.29 is 27.1 Å². The van der Waals surface area contributed by atoms with Crippen molar-refractivity contribution in [2.75, 3.05) is 18.5 Å². The van der Waals surface area contributed by atoms with Crippen molar-refractivity contribution in [3.05, 3.63) is 77.1 Å². The van der Waals surface area contributed by atoms with E-state index < -0.39 is 22.7 Å². The van der Waals surface area contributed by atoms with E-state index in [0.29, 0.717) is 5.56 Å². The van der Waals surface area contributed by atoms with E-state index in [1.165, 1.54) is 44.6 Å². The molecule has 3 aromatic rings. The van der Waals surface area contributed by atoms with Gasteiger partial charge in [0.05, 0.1) is 30.5 Å². The van der Waals surface area contributed by atoms with Crippen molar-refractivity contribution in [1.82, 2.24) is 0 Å². The molecule has 0 N–H and O–H groups in total. The highest BCUT2D eigenvalue weighted by Crippen LogP contribution is 2.42. The van der Waals surface area contributed by atoms with Crippen LogP contribution in [0.25, 0.3) is 11.1 Å². The molecule has 0 fully saturated rings. The molecule has 6 nitrogen and oxygen atoms in total. The predicted molar refractivity (Wildman–Crippen MR) is 114 cm³/mol. The molecular formula is C21H17ClFNO5S. The summed E-state index contributed by atoms with van der Waals surface area (Å²) < 4.78 is 50.5. The minimum absolute atomic E-state index is 0.00715. The van der Waals surface area contributed by atoms with Crippen molar-refractivity contribution >= 4 is 39.8 Å². The molecule has 0 spiro atoms. The first-order chi connectivity index (χ1) is 14.4. The van der Waals surface area contributed by atoms with E-state index in [0.717, 1.165) is 4.31 Å². The van der Waals surface area contributed by atoms with Crippen LogP contribution < -0.4 is 9.04 Å². The Labute approximate surface area is 179 Å². The molecule has 0 atom stereocenters. The predicted octanol–water partition coefficient (Wildman–Crippen LogP) is 4.61. The van der Waals surface area contributed by atoms with Crippen LogP contribution in [0.1, 0.15) is 10.4 Å². The quantitative estimate of drug-likeness (QED) is 0.439. The van der Waals surface area contributed by atoms with Gasteiger partial charge in [-0.25, -0.2) is 21.9 Å². The number of ether oxygens (including phenoxy) is 2. The first-order valence-electron chi connectivity index (χ1n) is 8.63. The van der Waals surface area contributed by atoms with Gasteiger partial charge in [0.15, 0.2) is 5.82 Å². The van der Waals surface area contributed by atoms with Crippen molar-refractivity contribution in [2.24, 2.45) is 0 Å². The molecular weight excluding hydrogens is 433 g/mol. The molecule has 0 saturated heterocycles. The van der Waals surface area contributed by atoms with Gasteiger partial charge < -0.3 is 9.47 Å². The second-order valence-electron chi connectivity index (χ2n) is 6.05. The first kappa shape index (κ1) is 21.6. The molecule has 9 heteroatoms. The molecule has 3 aromatic carbocycles. The van der Waals surface area contributed by atoms with Gasteiger partial charge in [-0.3, -0.25) is 0 Å². The van der Waals surface area contributed by atoms with Crippen LogP contribution in [0, 0.1) is 5.82 Å². The van der Waals surface area contributed by atoms with E-state index in [1.807, 2.05) is 0 Å². The summed E-state index contributed by atoms with van der Waals surface area (Å²) in [6.07, 6.45) is 0. The smallest absolute Gasteiger partial charge is 0.337 e. The van der Waals surface area contributed by atoms with Crippen LogP contribution in [0.2, 0.25) is 5.02 Å². The molecule has 0 saturated carbocycles. The summed E-state index contributed by atoms with van der Waals surface area (Å²) >= 11 is 6.21. The molecule has 0 heterocycles. The molecule has 30 heavy (non-hydrogen) atoms. The lowest BCUT2D eigenvalue weighted by Crippen LogP contribution is -2.18. The molecule has 0 aliphatic carbocycles. The lowest BCUT2D eigenvalue weighted by Gasteiger charge is -2.23. The monoisotopic (exact) mass is 449 g/mol. The molecule has 3 rings (SSSR count). The molecule has 0 aliphatic heterocycles. The number of thiol groups is 1. The van der Waals surface area contributed by atoms with Crippen LogP contribution in [-0.2, 0) is 15.6 Å². The third kappa shape index (κ3) is 4.10. The Morgan fingerprint density at radius 2 is 1.73 bits per heavy atom. The summed E-state index contributed by atoms with van der Waals surface area (Å²) in [6, 6.07) is 15.5. The van der Waals surface area contributed by atoms with Crippen LogP contribution in [-0.4, -0.2) is 28.6 Å². The fraction of sp³-hybridized carbons (Fsp3) is 0.0952. The second kappa shape index (κ2) is 9.15. The lowest BCUT2D eigenvalue weighted by molar-refractivity contribution is 0.0600. The standard InChI is InChI=1S/C21H17ClFNO5S/c1-28-18-12-14(21(25)29-2)8-11-17(18)24(30(26)27)20-16(22)10-9-15(19(20)23)13-6-4-3-5-7-13/h3-12,30H,1-2H3. The van der Waals surface area contributed by atoms with Gasteiger partial charge in [-0.05, 0) is 35.9 Å². The maximum atomic E-state index is 15.5. The number of carbonyl (C=O) groups is 1. The lowest BCUT2D eigenvalue weighted by atomic mass is 10.0. The van der Waals surface area contributed by atoms with Gasteiger partial charge in [-0.15, -0.1) is 0 Å². The molecule has 0 unspecified atom stereocenters. The van der Waals surface area contributed by atoms with Crippen LogP contribution in [0.15, 0.2) is 60.7 Å². The molecule has 0 radical (unpaired) electrons. The zero-order valence-electron chi connectivity index (χ0n) is 16.0. The Morgan fingerprint density at radius 3 is 2.33 bits per heavy atom. The Bertz CT molecular complexity index is 1160. The third-order valence-corrected chi connectivity index (χ3v) is 5.40. The number of carbonyl (C=O) groups excluding carboxylic acids is 1. The minimum atomic E-state index is -3.37. The largest absolute Gasteiger partial charge is 0.495 e. The average molecular weight is 450 g/mol. The van der Waals surface area contributed by atoms with Crippen LogP contribution >= 0.6 is 11.6 Å². The van der Waals surface area contributed by atoms with Crippen LogP contribution in [0.4, 0.5) is 15.8 Å². The number of methoxy groups -OCH3 is 2. The Kier molecular flexibility index (Phi) is 6.59. The Morgan fingerprint density at radius 1 is 1.03 bits per heavy atom. The van der Waals surface area contributed by atoms with Gasteiger partial charge in [0.1, 0.15) is 11.4 Å². The molecule has 0 amide bonds. The fourth-order valence-corrected chi connectivity index (χ4v) is 3.95. The van der Waals surface area contributed by atoms with Crippen LogP contribution in [0.3, 0.4) is 0 Å². The zero-order chi connectivity index (χ0) is 21.8. The van der Waals surface area contributed by atoms with Gasteiger partial charge in [0, 0.05) is 5.56 Å². The van der Waals surface area contributed by atoms with Crippen molar-refractivity contribution in [3.63, 3.8) is 0 Å². The number of hydrogen-bond acceptors (Lipinski definition) is 5. The van der Waals surface area contributed by atoms with Gasteiger partial charge in [0.25, 0.3) is 0 Å². The zero-order valence-corrected chi connectivity index (χ0v) is 17.6. The maximum Gasteiger partial charge on any atom is 0.337 e. The normalized spacial score (nSPS) is 10.7. The summed E-state index contributed by atoms with van der Waals surface area (Å²) in [5.74, 6) is -1.42. The van der Waals surface area contributed by atoms with Gasteiger partial charge in [0.2, 0.25) is 10.9 Å². The first-order valence-corrected chi connectivity index (χ1v) is 10.1. The number of esters is 1. The summed E-state index contributed by atoms with van der Waals surface area (Å²) in [6.45, 7) is 0. The summed E-state index contributed by atoms with van der Waals surface area (Å²) in [5.41, 5.74) is 0.526. The Balaban J connectivity index is 2.23. The van der Waals surface area contributed by atoms with Gasteiger partial charge >= 0.3 is 5.97 Å². The average Bonchev–Trinajstić information content (AvgIpc) is 2.76. The number of benzene rings is 3. The third-order valence-electron chi connectivity index (χ3n) is 4.36. The SMILES string of the molecule is COC(=O)c1ccc(N(c2c(Cl)ccc(-c3ccccc3)c2F)[SH](=O)=O)c(OC)c1. The highest BCUT2D eigenvalue weighted by atomic mass is 35.5. The van der Waals surface area contributed by atoms with E-state index in [4.69, 9.17) is 16.3 Å². The number of anilines is 2. The maximum absolute atomic E-state index is 15.5. The molecule has 0 aromatic heterocycles. The van der Waals surface area contributed by atoms with Gasteiger partial charge in [-0.2, -0.15) is 0 Å². The Hall–Kier alpha value is -3.10. The topological polar surface area (TPSA) is 72.9 Å². The number of rotatable bonds is 6. The molecule has 0 aliphatic rings. The van der Waals surface area contributed by atoms with E-state index in [-0.39, 0.29) is 33.3 Å². The summed E-state index contributed by atoms with van der Waals surface area (Å²) in [4.78, 5) is 11.8. The molecule has 0 bridgehead atoms. The summed E-state index contributed by atoms with van der Waals surface area (Å²) in [5, 5.41) is -0.106. The van der Waals surface area contributed by atoms with Gasteiger partial charge in [-0.1, -0.05) is 41.9 Å².